The topological polar surface area (TPSA) is 143 Å². The minimum absolute atomic E-state index is 0.129. The van der Waals surface area contributed by atoms with Gasteiger partial charge in [0.25, 0.3) is 5.56 Å². The monoisotopic (exact) mass is 634 g/mol. The van der Waals surface area contributed by atoms with Crippen LogP contribution in [0.5, 0.6) is 5.75 Å². The molecule has 0 unspecified atom stereocenters. The number of H-pyrrole nitrogens is 1. The number of ether oxygens (including phenoxy) is 3. The van der Waals surface area contributed by atoms with Crippen LogP contribution < -0.4 is 20.9 Å². The summed E-state index contributed by atoms with van der Waals surface area (Å²) in [5.74, 6) is -0.170. The summed E-state index contributed by atoms with van der Waals surface area (Å²) in [7, 11) is 1.25. The second-order valence-corrected chi connectivity index (χ2v) is 11.4. The summed E-state index contributed by atoms with van der Waals surface area (Å²) < 4.78 is 17.1. The van der Waals surface area contributed by atoms with Crippen LogP contribution in [0.3, 0.4) is 0 Å². The molecule has 1 amide bonds. The molecule has 3 aromatic carbocycles. The van der Waals surface area contributed by atoms with E-state index < -0.39 is 18.1 Å². The number of rotatable bonds is 13. The van der Waals surface area contributed by atoms with Crippen LogP contribution in [0.2, 0.25) is 0 Å². The Morgan fingerprint density at radius 1 is 0.957 bits per heavy atom. The maximum atomic E-state index is 14.1. The predicted octanol–water partition coefficient (Wildman–Crippen LogP) is 4.28. The van der Waals surface area contributed by atoms with Crippen LogP contribution in [-0.4, -0.2) is 61.9 Å². The molecule has 4 aromatic rings. The lowest BCUT2D eigenvalue weighted by Gasteiger charge is -2.31. The molecule has 5 rings (SSSR count). The van der Waals surface area contributed by atoms with Crippen LogP contribution >= 0.6 is 0 Å². The number of aryl methyl sites for hydroxylation is 1. The number of alkyl carbamates (subject to hydrolysis) is 1. The number of morpholine rings is 1. The van der Waals surface area contributed by atoms with Gasteiger partial charge in [-0.3, -0.25) is 9.59 Å². The second-order valence-electron chi connectivity index (χ2n) is 11.4. The number of benzene rings is 3. The molecule has 0 saturated carbocycles. The summed E-state index contributed by atoms with van der Waals surface area (Å²) in [6, 6.07) is 28.8. The molecule has 0 spiro atoms. The van der Waals surface area contributed by atoms with Gasteiger partial charge in [-0.25, -0.2) is 4.79 Å². The molecule has 10 heteroatoms. The van der Waals surface area contributed by atoms with Gasteiger partial charge in [-0.05, 0) is 59.9 Å². The quantitative estimate of drug-likeness (QED) is 0.198. The second kappa shape index (κ2) is 16.4. The van der Waals surface area contributed by atoms with Crippen LogP contribution in [0.15, 0.2) is 102 Å². The molecular formula is C37H38N4O6. The summed E-state index contributed by atoms with van der Waals surface area (Å²) >= 11 is 0. The number of carbonyl (C=O) groups is 2. The van der Waals surface area contributed by atoms with E-state index in [9.17, 15) is 14.4 Å². The standard InChI is InChI=1S/C37H38N4O6/c1-45-37(44)41-35(34(27-8-4-2-5-9-27)28-10-6-3-7-11-28)33(42)20-32-26(18-19-40-36(32)43)14-17-30-22-39-23-31(47-30)24-46-29-15-12-25(21-38)13-16-29/h2-13,15-16,18-19,30-31,34-35,39H,14,17,20,22-24H2,1H3,(H,40,43)(H,41,44)/t30-,31+,35-/m1/s1. The Morgan fingerprint density at radius 3 is 2.26 bits per heavy atom. The van der Waals surface area contributed by atoms with Gasteiger partial charge in [0.05, 0.1) is 24.8 Å². The molecule has 1 saturated heterocycles. The van der Waals surface area contributed by atoms with E-state index in [1.807, 2.05) is 66.7 Å². The molecule has 3 N–H and O–H groups in total. The van der Waals surface area contributed by atoms with E-state index in [4.69, 9.17) is 19.5 Å². The molecule has 1 aliphatic heterocycles. The molecule has 1 aliphatic rings. The van der Waals surface area contributed by atoms with Crippen molar-refractivity contribution in [1.82, 2.24) is 15.6 Å². The van der Waals surface area contributed by atoms with Crippen molar-refractivity contribution in [3.8, 4) is 11.8 Å². The zero-order valence-corrected chi connectivity index (χ0v) is 26.2. The minimum Gasteiger partial charge on any atom is -0.491 e. The maximum absolute atomic E-state index is 14.1. The van der Waals surface area contributed by atoms with Gasteiger partial charge in [-0.1, -0.05) is 60.7 Å². The van der Waals surface area contributed by atoms with Crippen molar-refractivity contribution in [2.24, 2.45) is 0 Å². The van der Waals surface area contributed by atoms with E-state index in [0.29, 0.717) is 49.4 Å². The van der Waals surface area contributed by atoms with Crippen molar-refractivity contribution in [2.75, 3.05) is 26.8 Å². The largest absolute Gasteiger partial charge is 0.491 e. The number of aromatic nitrogens is 1. The number of hydrogen-bond acceptors (Lipinski definition) is 8. The third-order valence-corrected chi connectivity index (χ3v) is 8.25. The molecule has 242 valence electrons. The number of aromatic amines is 1. The third-order valence-electron chi connectivity index (χ3n) is 8.25. The smallest absolute Gasteiger partial charge is 0.407 e. The average molecular weight is 635 g/mol. The highest BCUT2D eigenvalue weighted by Crippen LogP contribution is 2.30. The molecule has 0 bridgehead atoms. The molecule has 0 radical (unpaired) electrons. The highest BCUT2D eigenvalue weighted by molar-refractivity contribution is 5.90. The van der Waals surface area contributed by atoms with Gasteiger partial charge in [0, 0.05) is 37.2 Å². The van der Waals surface area contributed by atoms with Crippen LogP contribution in [0.25, 0.3) is 0 Å². The third kappa shape index (κ3) is 8.94. The fraction of sp³-hybridized carbons (Fsp3) is 0.297. The van der Waals surface area contributed by atoms with E-state index in [0.717, 1.165) is 16.7 Å². The average Bonchev–Trinajstić information content (AvgIpc) is 3.12. The van der Waals surface area contributed by atoms with E-state index in [2.05, 4.69) is 21.7 Å². The highest BCUT2D eigenvalue weighted by atomic mass is 16.5. The number of nitrogens with zero attached hydrogens (tertiary/aromatic N) is 1. The Balaban J connectivity index is 1.29. The summed E-state index contributed by atoms with van der Waals surface area (Å²) in [5.41, 5.74) is 3.01. The van der Waals surface area contributed by atoms with Crippen molar-refractivity contribution in [3.05, 3.63) is 135 Å². The van der Waals surface area contributed by atoms with E-state index in [1.54, 1.807) is 30.5 Å². The number of amides is 1. The number of carbonyl (C=O) groups excluding carboxylic acids is 2. The minimum atomic E-state index is -0.998. The Bertz CT molecular complexity index is 1680. The van der Waals surface area contributed by atoms with Gasteiger partial charge in [0.2, 0.25) is 0 Å². The highest BCUT2D eigenvalue weighted by Gasteiger charge is 2.33. The molecule has 1 fully saturated rings. The Labute approximate surface area is 273 Å². The lowest BCUT2D eigenvalue weighted by atomic mass is 9.81. The summed E-state index contributed by atoms with van der Waals surface area (Å²) in [6.07, 6.45) is 1.49. The molecule has 1 aromatic heterocycles. The van der Waals surface area contributed by atoms with Crippen molar-refractivity contribution >= 4 is 11.9 Å². The van der Waals surface area contributed by atoms with Gasteiger partial charge < -0.3 is 29.8 Å². The number of hydrogen-bond donors (Lipinski definition) is 3. The van der Waals surface area contributed by atoms with Crippen LogP contribution in [0.1, 0.15) is 40.2 Å². The summed E-state index contributed by atoms with van der Waals surface area (Å²) in [4.78, 5) is 42.6. The zero-order valence-electron chi connectivity index (χ0n) is 26.2. The van der Waals surface area contributed by atoms with Gasteiger partial charge >= 0.3 is 6.09 Å². The predicted molar refractivity (Wildman–Crippen MR) is 176 cm³/mol. The number of Topliss-reactive ketones (excluding diaryl/α,β-unsaturated/α-hetero) is 1. The van der Waals surface area contributed by atoms with Gasteiger partial charge in [-0.2, -0.15) is 5.26 Å². The Hall–Kier alpha value is -5.24. The van der Waals surface area contributed by atoms with Crippen molar-refractivity contribution < 1.29 is 23.8 Å². The Morgan fingerprint density at radius 2 is 1.62 bits per heavy atom. The fourth-order valence-electron chi connectivity index (χ4n) is 5.87. The lowest BCUT2D eigenvalue weighted by molar-refractivity contribution is -0.120. The fourth-order valence-corrected chi connectivity index (χ4v) is 5.87. The summed E-state index contributed by atoms with van der Waals surface area (Å²) in [6.45, 7) is 1.63. The number of nitriles is 1. The van der Waals surface area contributed by atoms with E-state index in [1.165, 1.54) is 7.11 Å². The number of nitrogens with one attached hydrogen (secondary N) is 3. The first-order valence-corrected chi connectivity index (χ1v) is 15.6. The zero-order chi connectivity index (χ0) is 33.0. The molecule has 47 heavy (non-hydrogen) atoms. The molecule has 0 aliphatic carbocycles. The number of pyridine rings is 1. The van der Waals surface area contributed by atoms with Gasteiger partial charge in [0.15, 0.2) is 5.78 Å². The van der Waals surface area contributed by atoms with Crippen LogP contribution in [0, 0.1) is 11.3 Å². The maximum Gasteiger partial charge on any atom is 0.407 e. The molecule has 2 heterocycles. The van der Waals surface area contributed by atoms with Crippen molar-refractivity contribution in [3.63, 3.8) is 0 Å². The van der Waals surface area contributed by atoms with E-state index in [-0.39, 0.29) is 30.0 Å². The first kappa shape index (κ1) is 33.1. The summed E-state index contributed by atoms with van der Waals surface area (Å²) in [5, 5.41) is 15.2. The van der Waals surface area contributed by atoms with Crippen LogP contribution in [0.4, 0.5) is 4.79 Å². The molecule has 10 nitrogen and oxygen atoms in total. The molecule has 3 atom stereocenters. The van der Waals surface area contributed by atoms with Gasteiger partial charge in [0.1, 0.15) is 24.5 Å². The van der Waals surface area contributed by atoms with Gasteiger partial charge in [-0.15, -0.1) is 0 Å². The normalized spacial score (nSPS) is 16.5. The number of ketones is 1. The lowest BCUT2D eigenvalue weighted by Crippen LogP contribution is -2.47. The first-order chi connectivity index (χ1) is 22.9. The first-order valence-electron chi connectivity index (χ1n) is 15.6. The SMILES string of the molecule is COC(=O)N[C@H](C(=O)Cc1c(CC[C@@H]2CNC[C@@H](COc3ccc(C#N)cc3)O2)cc[nH]c1=O)C(c1ccccc1)c1ccccc1. The van der Waals surface area contributed by atoms with Crippen LogP contribution in [-0.2, 0) is 27.1 Å². The Kier molecular flexibility index (Phi) is 11.5. The number of methoxy groups -OCH3 is 1. The van der Waals surface area contributed by atoms with Crippen molar-refractivity contribution in [2.45, 2.75) is 43.4 Å². The molecular weight excluding hydrogens is 596 g/mol. The van der Waals surface area contributed by atoms with Crippen molar-refractivity contribution in [1.29, 1.82) is 5.26 Å². The van der Waals surface area contributed by atoms with E-state index >= 15 is 0 Å².